The highest BCUT2D eigenvalue weighted by molar-refractivity contribution is 7.89. The fourth-order valence-electron chi connectivity index (χ4n) is 4.03. The van der Waals surface area contributed by atoms with Gasteiger partial charge in [-0.05, 0) is 49.7 Å². The van der Waals surface area contributed by atoms with Crippen molar-refractivity contribution in [3.8, 4) is 0 Å². The van der Waals surface area contributed by atoms with Crippen LogP contribution in [0.5, 0.6) is 0 Å². The number of aryl methyl sites for hydroxylation is 1. The van der Waals surface area contributed by atoms with Gasteiger partial charge < -0.3 is 0 Å². The van der Waals surface area contributed by atoms with Gasteiger partial charge in [0.05, 0.1) is 4.90 Å². The smallest absolute Gasteiger partial charge is 0.200 e. The zero-order valence-electron chi connectivity index (χ0n) is 11.9. The van der Waals surface area contributed by atoms with Crippen LogP contribution < -0.4 is 4.83 Å². The van der Waals surface area contributed by atoms with Crippen molar-refractivity contribution in [2.45, 2.75) is 24.7 Å². The van der Waals surface area contributed by atoms with E-state index in [2.05, 4.69) is 22.1 Å². The third-order valence-corrected chi connectivity index (χ3v) is 6.35. The van der Waals surface area contributed by atoms with E-state index in [0.29, 0.717) is 23.7 Å². The first kappa shape index (κ1) is 13.1. The minimum Gasteiger partial charge on any atom is -0.200 e. The summed E-state index contributed by atoms with van der Waals surface area (Å²) in [5.74, 6) is 2.41. The molecule has 21 heavy (non-hydrogen) atoms. The number of allylic oxidation sites excluding steroid dienone is 2. The second-order valence-corrected chi connectivity index (χ2v) is 8.01. The van der Waals surface area contributed by atoms with Gasteiger partial charge in [0.1, 0.15) is 0 Å². The van der Waals surface area contributed by atoms with E-state index in [9.17, 15) is 8.42 Å². The average Bonchev–Trinajstić information content (AvgIpc) is 3.12. The molecule has 0 amide bonds. The molecule has 4 unspecified atom stereocenters. The second-order valence-electron chi connectivity index (χ2n) is 6.35. The van der Waals surface area contributed by atoms with Crippen LogP contribution in [0.3, 0.4) is 0 Å². The van der Waals surface area contributed by atoms with Gasteiger partial charge in [0.25, 0.3) is 10.0 Å². The van der Waals surface area contributed by atoms with Crippen LogP contribution in [0.25, 0.3) is 0 Å². The lowest BCUT2D eigenvalue weighted by atomic mass is 9.88. The normalized spacial score (nSPS) is 34.8. The molecule has 0 aromatic heterocycles. The summed E-state index contributed by atoms with van der Waals surface area (Å²) in [4.78, 5) is 2.68. The largest absolute Gasteiger partial charge is 0.276 e. The third-order valence-electron chi connectivity index (χ3n) is 5.13. The fraction of sp³-hybridized carbons (Fsp3) is 0.438. The number of sulfonamides is 1. The van der Waals surface area contributed by atoms with Crippen molar-refractivity contribution < 1.29 is 8.42 Å². The first-order chi connectivity index (χ1) is 10.0. The van der Waals surface area contributed by atoms with Crippen LogP contribution in [0.4, 0.5) is 0 Å². The second kappa shape index (κ2) is 4.44. The van der Waals surface area contributed by atoms with Gasteiger partial charge in [-0.2, -0.15) is 13.5 Å². The van der Waals surface area contributed by atoms with Crippen molar-refractivity contribution in [2.24, 2.45) is 28.8 Å². The molecule has 3 aliphatic carbocycles. The molecule has 0 radical (unpaired) electrons. The van der Waals surface area contributed by atoms with Gasteiger partial charge in [0, 0.05) is 11.6 Å². The average molecular weight is 302 g/mol. The standard InChI is InChI=1S/C16H18N2O2S/c1-10-2-5-12(6-3-10)21(19,20)18-17-16-9-14-11-4-7-13(14)15(16)8-11/h2-7,11,13-15,18H,8-9H2,1H3/b17-16+. The molecule has 1 aromatic carbocycles. The Morgan fingerprint density at radius 2 is 1.95 bits per heavy atom. The molecule has 110 valence electrons. The molecular weight excluding hydrogens is 284 g/mol. The molecule has 0 spiro atoms. The van der Waals surface area contributed by atoms with E-state index in [1.165, 1.54) is 0 Å². The van der Waals surface area contributed by atoms with Crippen LogP contribution in [-0.4, -0.2) is 14.1 Å². The lowest BCUT2D eigenvalue weighted by Gasteiger charge is -2.19. The van der Waals surface area contributed by atoms with Crippen molar-refractivity contribution in [1.82, 2.24) is 4.83 Å². The number of rotatable bonds is 3. The molecular formula is C16H18N2O2S. The van der Waals surface area contributed by atoms with Crippen LogP contribution in [0.1, 0.15) is 18.4 Å². The van der Waals surface area contributed by atoms with E-state index >= 15 is 0 Å². The topological polar surface area (TPSA) is 58.5 Å². The Morgan fingerprint density at radius 3 is 2.62 bits per heavy atom. The molecule has 4 bridgehead atoms. The first-order valence-corrected chi connectivity index (χ1v) is 8.86. The molecule has 0 saturated heterocycles. The summed E-state index contributed by atoms with van der Waals surface area (Å²) in [7, 11) is -3.55. The number of benzene rings is 1. The first-order valence-electron chi connectivity index (χ1n) is 7.38. The number of hydrogen-bond acceptors (Lipinski definition) is 3. The van der Waals surface area contributed by atoms with Crippen LogP contribution >= 0.6 is 0 Å². The highest BCUT2D eigenvalue weighted by Gasteiger charge is 2.52. The van der Waals surface area contributed by atoms with Crippen molar-refractivity contribution >= 4 is 15.7 Å². The van der Waals surface area contributed by atoms with Crippen molar-refractivity contribution in [1.29, 1.82) is 0 Å². The molecule has 3 aliphatic rings. The van der Waals surface area contributed by atoms with Crippen molar-refractivity contribution in [3.05, 3.63) is 42.0 Å². The molecule has 4 rings (SSSR count). The van der Waals surface area contributed by atoms with Gasteiger partial charge in [-0.3, -0.25) is 0 Å². The molecule has 4 atom stereocenters. The number of nitrogens with zero attached hydrogens (tertiary/aromatic N) is 1. The predicted octanol–water partition coefficient (Wildman–Crippen LogP) is 2.47. The Bertz CT molecular complexity index is 734. The highest BCUT2D eigenvalue weighted by atomic mass is 32.2. The van der Waals surface area contributed by atoms with Gasteiger partial charge in [-0.25, -0.2) is 4.83 Å². The molecule has 1 aromatic rings. The minimum atomic E-state index is -3.55. The molecule has 4 nitrogen and oxygen atoms in total. The van der Waals surface area contributed by atoms with Gasteiger partial charge in [-0.15, -0.1) is 0 Å². The van der Waals surface area contributed by atoms with E-state index in [0.717, 1.165) is 24.1 Å². The summed E-state index contributed by atoms with van der Waals surface area (Å²) in [5, 5.41) is 4.24. The Morgan fingerprint density at radius 1 is 1.19 bits per heavy atom. The molecule has 0 aliphatic heterocycles. The summed E-state index contributed by atoms with van der Waals surface area (Å²) >= 11 is 0. The summed E-state index contributed by atoms with van der Waals surface area (Å²) < 4.78 is 24.5. The van der Waals surface area contributed by atoms with E-state index in [1.54, 1.807) is 24.3 Å². The summed E-state index contributed by atoms with van der Waals surface area (Å²) in [5.41, 5.74) is 2.07. The molecule has 0 heterocycles. The Balaban J connectivity index is 1.53. The number of hydrazone groups is 1. The van der Waals surface area contributed by atoms with E-state index in [1.807, 2.05) is 6.92 Å². The van der Waals surface area contributed by atoms with Gasteiger partial charge in [0.15, 0.2) is 0 Å². The van der Waals surface area contributed by atoms with Gasteiger partial charge in [-0.1, -0.05) is 29.8 Å². The quantitative estimate of drug-likeness (QED) is 0.689. The zero-order chi connectivity index (χ0) is 14.6. The van der Waals surface area contributed by atoms with Crippen LogP contribution in [0.2, 0.25) is 0 Å². The number of nitrogens with one attached hydrogen (secondary N) is 1. The summed E-state index contributed by atoms with van der Waals surface area (Å²) in [6.45, 7) is 1.93. The highest BCUT2D eigenvalue weighted by Crippen LogP contribution is 2.56. The predicted molar refractivity (Wildman–Crippen MR) is 81.3 cm³/mol. The van der Waals surface area contributed by atoms with Gasteiger partial charge in [0.2, 0.25) is 0 Å². The number of hydrogen-bond donors (Lipinski definition) is 1. The SMILES string of the molecule is Cc1ccc(S(=O)(=O)N/N=C2\CC3C4C=CC3C2C4)cc1. The van der Waals surface area contributed by atoms with Crippen LogP contribution in [0.15, 0.2) is 46.4 Å². The Hall–Kier alpha value is -1.62. The molecule has 2 saturated carbocycles. The molecule has 5 heteroatoms. The Kier molecular flexibility index (Phi) is 2.76. The van der Waals surface area contributed by atoms with E-state index < -0.39 is 10.0 Å². The summed E-state index contributed by atoms with van der Waals surface area (Å²) in [6.07, 6.45) is 6.68. The monoisotopic (exact) mass is 302 g/mol. The molecule has 2 fully saturated rings. The maximum Gasteiger partial charge on any atom is 0.276 e. The van der Waals surface area contributed by atoms with E-state index in [-0.39, 0.29) is 4.90 Å². The van der Waals surface area contributed by atoms with Crippen molar-refractivity contribution in [2.75, 3.05) is 0 Å². The van der Waals surface area contributed by atoms with Gasteiger partial charge >= 0.3 is 0 Å². The lowest BCUT2D eigenvalue weighted by molar-refractivity contribution is 0.462. The molecule has 1 N–H and O–H groups in total. The van der Waals surface area contributed by atoms with E-state index in [4.69, 9.17) is 0 Å². The fourth-order valence-corrected chi connectivity index (χ4v) is 4.87. The summed E-state index contributed by atoms with van der Waals surface area (Å²) in [6, 6.07) is 6.82. The Labute approximate surface area is 125 Å². The maximum absolute atomic E-state index is 12.2. The third kappa shape index (κ3) is 2.02. The maximum atomic E-state index is 12.2. The van der Waals surface area contributed by atoms with Crippen LogP contribution in [0, 0.1) is 30.6 Å². The van der Waals surface area contributed by atoms with Crippen molar-refractivity contribution in [3.63, 3.8) is 0 Å². The van der Waals surface area contributed by atoms with Crippen LogP contribution in [-0.2, 0) is 10.0 Å². The zero-order valence-corrected chi connectivity index (χ0v) is 12.7. The minimum absolute atomic E-state index is 0.266. The lowest BCUT2D eigenvalue weighted by Crippen LogP contribution is -2.24.